The van der Waals surface area contributed by atoms with Crippen LogP contribution in [0.4, 0.5) is 0 Å². The SMILES string of the molecule is C=C.OP(c1ccccc1)c1ccccc1. The fourth-order valence-electron chi connectivity index (χ4n) is 1.29. The van der Waals surface area contributed by atoms with E-state index in [0.717, 1.165) is 10.6 Å². The molecule has 16 heavy (non-hydrogen) atoms. The van der Waals surface area contributed by atoms with Crippen molar-refractivity contribution >= 4 is 18.8 Å². The smallest absolute Gasteiger partial charge is 0.0877 e. The molecular weight excluding hydrogens is 215 g/mol. The maximum absolute atomic E-state index is 10.1. The zero-order valence-electron chi connectivity index (χ0n) is 9.08. The highest BCUT2D eigenvalue weighted by molar-refractivity contribution is 7.67. The summed E-state index contributed by atoms with van der Waals surface area (Å²) in [7, 11) is -1.17. The van der Waals surface area contributed by atoms with Gasteiger partial charge in [0.15, 0.2) is 0 Å². The first-order valence-corrected chi connectivity index (χ1v) is 6.26. The minimum Gasteiger partial charge on any atom is -0.364 e. The zero-order chi connectivity index (χ0) is 11.8. The Morgan fingerprint density at radius 3 is 1.31 bits per heavy atom. The summed E-state index contributed by atoms with van der Waals surface area (Å²) >= 11 is 0. The van der Waals surface area contributed by atoms with E-state index in [4.69, 9.17) is 0 Å². The fourth-order valence-corrected chi connectivity index (χ4v) is 2.49. The van der Waals surface area contributed by atoms with Crippen LogP contribution >= 0.6 is 8.15 Å². The van der Waals surface area contributed by atoms with E-state index in [9.17, 15) is 4.89 Å². The van der Waals surface area contributed by atoms with Gasteiger partial charge in [0.25, 0.3) is 0 Å². The minimum atomic E-state index is -1.17. The Morgan fingerprint density at radius 2 is 1.00 bits per heavy atom. The largest absolute Gasteiger partial charge is 0.364 e. The molecule has 0 aromatic heterocycles. The first kappa shape index (κ1) is 12.6. The van der Waals surface area contributed by atoms with Crippen molar-refractivity contribution in [2.45, 2.75) is 0 Å². The lowest BCUT2D eigenvalue weighted by Crippen LogP contribution is -2.09. The summed E-state index contributed by atoms with van der Waals surface area (Å²) in [5.41, 5.74) is 0. The molecule has 0 heterocycles. The molecule has 0 amide bonds. The molecule has 1 nitrogen and oxygen atoms in total. The second kappa shape index (κ2) is 6.95. The van der Waals surface area contributed by atoms with Crippen LogP contribution in [0.5, 0.6) is 0 Å². The first-order chi connectivity index (χ1) is 7.88. The van der Waals surface area contributed by atoms with Crippen molar-refractivity contribution in [3.8, 4) is 0 Å². The van der Waals surface area contributed by atoms with Crippen molar-refractivity contribution in [3.05, 3.63) is 73.8 Å². The van der Waals surface area contributed by atoms with Gasteiger partial charge in [0.2, 0.25) is 0 Å². The molecule has 0 radical (unpaired) electrons. The molecule has 0 spiro atoms. The summed E-state index contributed by atoms with van der Waals surface area (Å²) in [6, 6.07) is 19.5. The van der Waals surface area contributed by atoms with Crippen LogP contribution < -0.4 is 10.6 Å². The van der Waals surface area contributed by atoms with Crippen molar-refractivity contribution in [2.75, 3.05) is 0 Å². The molecule has 0 saturated carbocycles. The van der Waals surface area contributed by atoms with Gasteiger partial charge in [-0.05, 0) is 0 Å². The van der Waals surface area contributed by atoms with Crippen molar-refractivity contribution < 1.29 is 4.89 Å². The van der Waals surface area contributed by atoms with Crippen LogP contribution in [0.1, 0.15) is 0 Å². The van der Waals surface area contributed by atoms with E-state index in [1.807, 2.05) is 60.7 Å². The van der Waals surface area contributed by atoms with E-state index >= 15 is 0 Å². The van der Waals surface area contributed by atoms with Gasteiger partial charge in [-0.1, -0.05) is 60.7 Å². The van der Waals surface area contributed by atoms with E-state index < -0.39 is 8.15 Å². The quantitative estimate of drug-likeness (QED) is 0.621. The molecule has 0 aliphatic heterocycles. The monoisotopic (exact) mass is 230 g/mol. The number of hydrogen-bond donors (Lipinski definition) is 1. The summed E-state index contributed by atoms with van der Waals surface area (Å²) in [4.78, 5) is 10.1. The topological polar surface area (TPSA) is 20.2 Å². The number of hydrogen-bond acceptors (Lipinski definition) is 1. The highest BCUT2D eigenvalue weighted by Crippen LogP contribution is 2.26. The van der Waals surface area contributed by atoms with Crippen LogP contribution in [0.2, 0.25) is 0 Å². The van der Waals surface area contributed by atoms with Gasteiger partial charge in [-0.25, -0.2) is 0 Å². The van der Waals surface area contributed by atoms with E-state index in [0.29, 0.717) is 0 Å². The van der Waals surface area contributed by atoms with Crippen LogP contribution in [-0.4, -0.2) is 4.89 Å². The highest BCUT2D eigenvalue weighted by Gasteiger charge is 2.08. The van der Waals surface area contributed by atoms with Crippen molar-refractivity contribution in [3.63, 3.8) is 0 Å². The third kappa shape index (κ3) is 3.30. The van der Waals surface area contributed by atoms with Gasteiger partial charge >= 0.3 is 0 Å². The summed E-state index contributed by atoms with van der Waals surface area (Å²) in [6.45, 7) is 6.00. The molecule has 0 aliphatic rings. The van der Waals surface area contributed by atoms with Gasteiger partial charge in [0, 0.05) is 10.6 Å². The third-order valence-corrected chi connectivity index (χ3v) is 3.58. The van der Waals surface area contributed by atoms with E-state index in [2.05, 4.69) is 13.2 Å². The lowest BCUT2D eigenvalue weighted by molar-refractivity contribution is 0.644. The Balaban J connectivity index is 0.000000606. The average Bonchev–Trinajstić information content (AvgIpc) is 2.42. The van der Waals surface area contributed by atoms with Crippen LogP contribution in [0.3, 0.4) is 0 Å². The van der Waals surface area contributed by atoms with Crippen LogP contribution in [0, 0.1) is 0 Å². The van der Waals surface area contributed by atoms with Crippen molar-refractivity contribution in [1.82, 2.24) is 0 Å². The summed E-state index contributed by atoms with van der Waals surface area (Å²) in [5, 5.41) is 1.99. The van der Waals surface area contributed by atoms with E-state index in [-0.39, 0.29) is 0 Å². The van der Waals surface area contributed by atoms with E-state index in [1.165, 1.54) is 0 Å². The Kier molecular flexibility index (Phi) is 5.49. The summed E-state index contributed by atoms with van der Waals surface area (Å²) in [6.07, 6.45) is 0. The zero-order valence-corrected chi connectivity index (χ0v) is 9.98. The molecule has 1 N–H and O–H groups in total. The molecule has 2 rings (SSSR count). The van der Waals surface area contributed by atoms with Gasteiger partial charge in [-0.3, -0.25) is 0 Å². The van der Waals surface area contributed by atoms with Gasteiger partial charge in [-0.15, -0.1) is 13.2 Å². The van der Waals surface area contributed by atoms with Gasteiger partial charge in [-0.2, -0.15) is 0 Å². The van der Waals surface area contributed by atoms with Gasteiger partial charge < -0.3 is 4.89 Å². The molecule has 0 fully saturated rings. The Hall–Kier alpha value is -1.43. The predicted molar refractivity (Wildman–Crippen MR) is 72.5 cm³/mol. The third-order valence-electron chi connectivity index (χ3n) is 2.00. The highest BCUT2D eigenvalue weighted by atomic mass is 31.1. The predicted octanol–water partition coefficient (Wildman–Crippen LogP) is 2.83. The van der Waals surface area contributed by atoms with E-state index in [1.54, 1.807) is 0 Å². The molecule has 0 aliphatic carbocycles. The van der Waals surface area contributed by atoms with Gasteiger partial charge in [0.05, 0.1) is 8.15 Å². The lowest BCUT2D eigenvalue weighted by Gasteiger charge is -2.09. The molecule has 0 unspecified atom stereocenters. The van der Waals surface area contributed by atoms with Crippen molar-refractivity contribution in [2.24, 2.45) is 0 Å². The van der Waals surface area contributed by atoms with Gasteiger partial charge in [0.1, 0.15) is 0 Å². The maximum atomic E-state index is 10.1. The molecular formula is C14H15OP. The second-order valence-corrected chi connectivity index (χ2v) is 4.64. The molecule has 2 aromatic rings. The molecule has 0 atom stereocenters. The molecule has 82 valence electrons. The summed E-state index contributed by atoms with van der Waals surface area (Å²) in [5.74, 6) is 0. The molecule has 2 aromatic carbocycles. The fraction of sp³-hybridized carbons (Fsp3) is 0. The standard InChI is InChI=1S/C12H11OP.C2H4/c13-14(11-7-3-1-4-8-11)12-9-5-2-6-10-12;1-2/h1-10,13H;1-2H2. The molecule has 0 saturated heterocycles. The normalized spacial score (nSPS) is 9.38. The van der Waals surface area contributed by atoms with Crippen LogP contribution in [-0.2, 0) is 0 Å². The lowest BCUT2D eigenvalue weighted by atomic mass is 10.4. The Bertz CT molecular complexity index is 360. The molecule has 2 heteroatoms. The Labute approximate surface area is 97.9 Å². The first-order valence-electron chi connectivity index (χ1n) is 4.97. The second-order valence-electron chi connectivity index (χ2n) is 2.98. The van der Waals surface area contributed by atoms with Crippen molar-refractivity contribution in [1.29, 1.82) is 0 Å². The maximum Gasteiger partial charge on any atom is 0.0877 e. The Morgan fingerprint density at radius 1 is 0.688 bits per heavy atom. The van der Waals surface area contributed by atoms with Crippen LogP contribution in [0.15, 0.2) is 73.8 Å². The summed E-state index contributed by atoms with van der Waals surface area (Å²) < 4.78 is 0. The number of rotatable bonds is 2. The van der Waals surface area contributed by atoms with Crippen LogP contribution in [0.25, 0.3) is 0 Å². The average molecular weight is 230 g/mol. The number of benzene rings is 2. The molecule has 0 bridgehead atoms. The minimum absolute atomic E-state index is 0.994.